The summed E-state index contributed by atoms with van der Waals surface area (Å²) in [4.78, 5) is 4.41. The molecule has 0 spiro atoms. The van der Waals surface area contributed by atoms with Crippen molar-refractivity contribution in [2.45, 2.75) is 0 Å². The minimum absolute atomic E-state index is 0.147. The Bertz CT molecular complexity index is 737. The number of rotatable bonds is 1. The number of fused-ring (bicyclic) bond motifs is 1. The van der Waals surface area contributed by atoms with E-state index in [0.717, 1.165) is 5.65 Å². The van der Waals surface area contributed by atoms with Crippen LogP contribution in [0.3, 0.4) is 0 Å². The van der Waals surface area contributed by atoms with Gasteiger partial charge in [0.25, 0.3) is 0 Å². The molecule has 0 radical (unpaired) electrons. The van der Waals surface area contributed by atoms with Gasteiger partial charge in [0.15, 0.2) is 0 Å². The lowest BCUT2D eigenvalue weighted by Gasteiger charge is -2.00. The Morgan fingerprint density at radius 1 is 1.06 bits per heavy atom. The summed E-state index contributed by atoms with van der Waals surface area (Å²) in [5.74, 6) is 0.147. The molecule has 3 aromatic rings. The van der Waals surface area contributed by atoms with Gasteiger partial charge in [0.2, 0.25) is 0 Å². The van der Waals surface area contributed by atoms with Crippen molar-refractivity contribution in [2.24, 2.45) is 0 Å². The van der Waals surface area contributed by atoms with Crippen molar-refractivity contribution < 1.29 is 5.11 Å². The van der Waals surface area contributed by atoms with Crippen molar-refractivity contribution in [1.29, 1.82) is 0 Å². The van der Waals surface area contributed by atoms with E-state index < -0.39 is 0 Å². The van der Waals surface area contributed by atoms with Crippen LogP contribution in [0.15, 0.2) is 42.7 Å². The first kappa shape index (κ1) is 11.4. The largest absolute Gasteiger partial charge is 0.507 e. The smallest absolute Gasteiger partial charge is 0.138 e. The first-order valence-corrected chi connectivity index (χ1v) is 6.02. The van der Waals surface area contributed by atoms with E-state index in [1.165, 1.54) is 0 Å². The average molecular weight is 279 g/mol. The maximum Gasteiger partial charge on any atom is 0.138 e. The molecule has 0 aliphatic rings. The van der Waals surface area contributed by atoms with Crippen LogP contribution < -0.4 is 0 Å². The highest BCUT2D eigenvalue weighted by Gasteiger charge is 2.09. The molecule has 3 rings (SSSR count). The molecule has 0 fully saturated rings. The number of hydrogen-bond acceptors (Lipinski definition) is 2. The van der Waals surface area contributed by atoms with E-state index in [1.54, 1.807) is 30.3 Å². The lowest BCUT2D eigenvalue weighted by molar-refractivity contribution is 0.477. The number of aromatic hydroxyl groups is 1. The maximum atomic E-state index is 9.83. The number of nitrogens with zero attached hydrogens (tertiary/aromatic N) is 2. The van der Waals surface area contributed by atoms with Gasteiger partial charge in [-0.15, -0.1) is 0 Å². The SMILES string of the molecule is Oc1ccc(Cl)cc1-c1cn2ccc(Cl)cc2n1. The molecule has 0 saturated heterocycles. The standard InChI is InChI=1S/C13H8Cl2N2O/c14-8-1-2-12(18)10(5-8)11-7-17-4-3-9(15)6-13(17)16-11/h1-7,18H. The van der Waals surface area contributed by atoms with Gasteiger partial charge in [-0.2, -0.15) is 0 Å². The molecule has 1 N–H and O–H groups in total. The van der Waals surface area contributed by atoms with E-state index in [-0.39, 0.29) is 5.75 Å². The van der Waals surface area contributed by atoms with Crippen LogP contribution in [0.5, 0.6) is 5.75 Å². The molecule has 2 heterocycles. The van der Waals surface area contributed by atoms with Crippen LogP contribution >= 0.6 is 23.2 Å². The molecule has 1 aromatic carbocycles. The van der Waals surface area contributed by atoms with Gasteiger partial charge in [0, 0.05) is 34.1 Å². The zero-order chi connectivity index (χ0) is 12.7. The molecular formula is C13H8Cl2N2O. The van der Waals surface area contributed by atoms with Crippen LogP contribution in [0.25, 0.3) is 16.9 Å². The molecule has 0 amide bonds. The zero-order valence-corrected chi connectivity index (χ0v) is 10.7. The monoisotopic (exact) mass is 278 g/mol. The third-order valence-electron chi connectivity index (χ3n) is 2.66. The van der Waals surface area contributed by atoms with Crippen molar-refractivity contribution in [3.63, 3.8) is 0 Å². The first-order valence-electron chi connectivity index (χ1n) is 5.26. The minimum atomic E-state index is 0.147. The molecule has 0 bridgehead atoms. The van der Waals surface area contributed by atoms with E-state index in [4.69, 9.17) is 23.2 Å². The van der Waals surface area contributed by atoms with E-state index >= 15 is 0 Å². The number of hydrogen-bond donors (Lipinski definition) is 1. The van der Waals surface area contributed by atoms with Crippen LogP contribution in [0.2, 0.25) is 10.0 Å². The van der Waals surface area contributed by atoms with Gasteiger partial charge < -0.3 is 9.51 Å². The summed E-state index contributed by atoms with van der Waals surface area (Å²) in [6, 6.07) is 8.40. The molecule has 5 heteroatoms. The Balaban J connectivity index is 2.22. The van der Waals surface area contributed by atoms with Crippen LogP contribution in [-0.2, 0) is 0 Å². The van der Waals surface area contributed by atoms with Gasteiger partial charge in [-0.1, -0.05) is 23.2 Å². The molecular weight excluding hydrogens is 271 g/mol. The maximum absolute atomic E-state index is 9.83. The zero-order valence-electron chi connectivity index (χ0n) is 9.14. The first-order chi connectivity index (χ1) is 8.63. The third-order valence-corrected chi connectivity index (χ3v) is 3.13. The summed E-state index contributed by atoms with van der Waals surface area (Å²) in [5.41, 5.74) is 1.97. The molecule has 2 aromatic heterocycles. The number of halogens is 2. The van der Waals surface area contributed by atoms with Crippen LogP contribution in [0.1, 0.15) is 0 Å². The van der Waals surface area contributed by atoms with Crippen LogP contribution in [0, 0.1) is 0 Å². The number of imidazole rings is 1. The van der Waals surface area contributed by atoms with E-state index in [0.29, 0.717) is 21.3 Å². The van der Waals surface area contributed by atoms with E-state index in [1.807, 2.05) is 16.8 Å². The molecule has 90 valence electrons. The minimum Gasteiger partial charge on any atom is -0.507 e. The van der Waals surface area contributed by atoms with Crippen LogP contribution in [0.4, 0.5) is 0 Å². The van der Waals surface area contributed by atoms with Crippen molar-refractivity contribution in [3.8, 4) is 17.0 Å². The van der Waals surface area contributed by atoms with Gasteiger partial charge in [-0.05, 0) is 24.3 Å². The Hall–Kier alpha value is -1.71. The molecule has 0 aliphatic carbocycles. The van der Waals surface area contributed by atoms with Gasteiger partial charge >= 0.3 is 0 Å². The molecule has 0 saturated carbocycles. The van der Waals surface area contributed by atoms with E-state index in [2.05, 4.69) is 4.98 Å². The number of phenols is 1. The topological polar surface area (TPSA) is 37.5 Å². The highest BCUT2D eigenvalue weighted by Crippen LogP contribution is 2.31. The van der Waals surface area contributed by atoms with Crippen molar-refractivity contribution in [2.75, 3.05) is 0 Å². The highest BCUT2D eigenvalue weighted by molar-refractivity contribution is 6.31. The molecule has 0 unspecified atom stereocenters. The molecule has 0 atom stereocenters. The normalized spacial score (nSPS) is 11.0. The average Bonchev–Trinajstić information content (AvgIpc) is 2.74. The summed E-state index contributed by atoms with van der Waals surface area (Å²) in [5, 5.41) is 11.0. The second kappa shape index (κ2) is 4.19. The Kier molecular flexibility index (Phi) is 2.65. The second-order valence-corrected chi connectivity index (χ2v) is 4.77. The number of benzene rings is 1. The predicted molar refractivity (Wildman–Crippen MR) is 72.3 cm³/mol. The summed E-state index contributed by atoms with van der Waals surface area (Å²) >= 11 is 11.8. The summed E-state index contributed by atoms with van der Waals surface area (Å²) < 4.78 is 1.83. The second-order valence-electron chi connectivity index (χ2n) is 3.90. The Morgan fingerprint density at radius 2 is 1.83 bits per heavy atom. The predicted octanol–water partition coefficient (Wildman–Crippen LogP) is 4.01. The number of phenolic OH excluding ortho intramolecular Hbond substituents is 1. The van der Waals surface area contributed by atoms with Gasteiger partial charge in [-0.3, -0.25) is 0 Å². The molecule has 3 nitrogen and oxygen atoms in total. The Labute approximate surface area is 113 Å². The lowest BCUT2D eigenvalue weighted by Crippen LogP contribution is -1.79. The molecule has 18 heavy (non-hydrogen) atoms. The highest BCUT2D eigenvalue weighted by atomic mass is 35.5. The summed E-state index contributed by atoms with van der Waals surface area (Å²) in [6.45, 7) is 0. The van der Waals surface area contributed by atoms with E-state index in [9.17, 15) is 5.11 Å². The van der Waals surface area contributed by atoms with Gasteiger partial charge in [-0.25, -0.2) is 4.98 Å². The van der Waals surface area contributed by atoms with Gasteiger partial charge in [0.05, 0.1) is 5.69 Å². The summed E-state index contributed by atoms with van der Waals surface area (Å²) in [6.07, 6.45) is 3.63. The van der Waals surface area contributed by atoms with Gasteiger partial charge in [0.1, 0.15) is 11.4 Å². The number of aromatic nitrogens is 2. The van der Waals surface area contributed by atoms with Crippen LogP contribution in [-0.4, -0.2) is 14.5 Å². The summed E-state index contributed by atoms with van der Waals surface area (Å²) in [7, 11) is 0. The fourth-order valence-electron chi connectivity index (χ4n) is 1.80. The Morgan fingerprint density at radius 3 is 2.67 bits per heavy atom. The quantitative estimate of drug-likeness (QED) is 0.730. The van der Waals surface area contributed by atoms with Crippen molar-refractivity contribution >= 4 is 28.8 Å². The molecule has 0 aliphatic heterocycles. The fraction of sp³-hybridized carbons (Fsp3) is 0. The lowest BCUT2D eigenvalue weighted by atomic mass is 10.1. The fourth-order valence-corrected chi connectivity index (χ4v) is 2.13. The van der Waals surface area contributed by atoms with Crippen molar-refractivity contribution in [3.05, 3.63) is 52.8 Å². The number of pyridine rings is 1. The van der Waals surface area contributed by atoms with Crippen molar-refractivity contribution in [1.82, 2.24) is 9.38 Å². The third kappa shape index (κ3) is 1.92.